The van der Waals surface area contributed by atoms with Crippen LogP contribution in [0.25, 0.3) is 11.0 Å². The van der Waals surface area contributed by atoms with Crippen molar-refractivity contribution in [2.45, 2.75) is 12.5 Å². The largest absolute Gasteiger partial charge is 0.323 e. The number of aromatic amines is 1. The zero-order chi connectivity index (χ0) is 16.5. The number of hydrogen-bond donors (Lipinski definition) is 3. The van der Waals surface area contributed by atoms with Gasteiger partial charge >= 0.3 is 0 Å². The first-order chi connectivity index (χ1) is 11.7. The van der Waals surface area contributed by atoms with Crippen molar-refractivity contribution in [3.05, 3.63) is 54.6 Å². The molecule has 1 aliphatic heterocycles. The van der Waals surface area contributed by atoms with Crippen molar-refractivity contribution < 1.29 is 9.59 Å². The summed E-state index contributed by atoms with van der Waals surface area (Å²) >= 11 is 0. The Morgan fingerprint density at radius 1 is 1.04 bits per heavy atom. The zero-order valence-electron chi connectivity index (χ0n) is 12.7. The van der Waals surface area contributed by atoms with Gasteiger partial charge in [0.1, 0.15) is 6.04 Å². The number of carbonyl (C=O) groups excluding carboxylic acids is 2. The average Bonchev–Trinajstić information content (AvgIpc) is 3.14. The highest BCUT2D eigenvalue weighted by Crippen LogP contribution is 2.22. The number of imide groups is 1. The third-order valence-corrected chi connectivity index (χ3v) is 3.92. The fourth-order valence-corrected chi connectivity index (χ4v) is 2.76. The van der Waals surface area contributed by atoms with Crippen LogP contribution in [-0.4, -0.2) is 27.8 Å². The van der Waals surface area contributed by atoms with Crippen molar-refractivity contribution in [3.8, 4) is 0 Å². The molecule has 24 heavy (non-hydrogen) atoms. The maximum absolute atomic E-state index is 12.5. The van der Waals surface area contributed by atoms with Gasteiger partial charge in [0, 0.05) is 0 Å². The van der Waals surface area contributed by atoms with Crippen LogP contribution in [0, 0.1) is 0 Å². The number of fused-ring (bicyclic) bond motifs is 1. The molecule has 0 bridgehead atoms. The first-order valence-electron chi connectivity index (χ1n) is 7.60. The molecule has 1 aliphatic rings. The number of nitrogens with one attached hydrogen (secondary N) is 3. The molecule has 2 aromatic carbocycles. The molecule has 4 rings (SSSR count). The molecule has 0 aliphatic carbocycles. The van der Waals surface area contributed by atoms with Crippen molar-refractivity contribution in [2.75, 3.05) is 10.3 Å². The Balaban J connectivity index is 1.47. The van der Waals surface area contributed by atoms with Gasteiger partial charge in [0.05, 0.1) is 23.1 Å². The number of rotatable bonds is 4. The molecule has 1 atom stereocenters. The molecule has 7 heteroatoms. The normalized spacial score (nSPS) is 17.7. The SMILES string of the molecule is O=C1C[C@H](NNc2nc3ccccc3[nH]2)C(=O)N1c1ccccc1. The number of anilines is 2. The predicted octanol–water partition coefficient (Wildman–Crippen LogP) is 1.81. The van der Waals surface area contributed by atoms with Crippen LogP contribution < -0.4 is 15.8 Å². The molecule has 1 aromatic heterocycles. The Morgan fingerprint density at radius 2 is 1.79 bits per heavy atom. The molecular formula is C17H15N5O2. The van der Waals surface area contributed by atoms with Crippen LogP contribution in [0.15, 0.2) is 54.6 Å². The van der Waals surface area contributed by atoms with Crippen LogP contribution in [0.4, 0.5) is 11.6 Å². The summed E-state index contributed by atoms with van der Waals surface area (Å²) in [4.78, 5) is 33.3. The maximum atomic E-state index is 12.5. The van der Waals surface area contributed by atoms with E-state index >= 15 is 0 Å². The monoisotopic (exact) mass is 321 g/mol. The molecule has 7 nitrogen and oxygen atoms in total. The van der Waals surface area contributed by atoms with Gasteiger partial charge in [-0.05, 0) is 24.3 Å². The topological polar surface area (TPSA) is 90.1 Å². The van der Waals surface area contributed by atoms with E-state index in [0.29, 0.717) is 11.6 Å². The molecule has 120 valence electrons. The van der Waals surface area contributed by atoms with Crippen molar-refractivity contribution >= 4 is 34.5 Å². The standard InChI is InChI=1S/C17H15N5O2/c23-15-10-14(16(24)22(15)11-6-2-1-3-7-11)20-21-17-18-12-8-4-5-9-13(12)19-17/h1-9,14,20H,10H2,(H2,18,19,21)/t14-/m0/s1. The molecule has 0 spiro atoms. The molecule has 2 amide bonds. The Hall–Kier alpha value is -3.19. The lowest BCUT2D eigenvalue weighted by Gasteiger charge is -2.15. The summed E-state index contributed by atoms with van der Waals surface area (Å²) in [5, 5.41) is 0. The van der Waals surface area contributed by atoms with Gasteiger partial charge in [-0.2, -0.15) is 0 Å². The number of carbonyl (C=O) groups is 2. The highest BCUT2D eigenvalue weighted by atomic mass is 16.2. The average molecular weight is 321 g/mol. The van der Waals surface area contributed by atoms with Crippen LogP contribution in [0.2, 0.25) is 0 Å². The van der Waals surface area contributed by atoms with Gasteiger partial charge in [0.2, 0.25) is 11.9 Å². The fraction of sp³-hybridized carbons (Fsp3) is 0.118. The summed E-state index contributed by atoms with van der Waals surface area (Å²) in [5.41, 5.74) is 8.06. The number of hydrogen-bond acceptors (Lipinski definition) is 5. The van der Waals surface area contributed by atoms with Crippen LogP contribution in [0.3, 0.4) is 0 Å². The maximum Gasteiger partial charge on any atom is 0.253 e. The minimum Gasteiger partial charge on any atom is -0.323 e. The summed E-state index contributed by atoms with van der Waals surface area (Å²) in [7, 11) is 0. The minimum atomic E-state index is -0.633. The summed E-state index contributed by atoms with van der Waals surface area (Å²) in [5.74, 6) is -0.0143. The lowest BCUT2D eigenvalue weighted by Crippen LogP contribution is -2.41. The number of para-hydroxylation sites is 3. The lowest BCUT2D eigenvalue weighted by atomic mass is 10.2. The van der Waals surface area contributed by atoms with E-state index in [2.05, 4.69) is 20.8 Å². The van der Waals surface area contributed by atoms with E-state index in [1.165, 1.54) is 4.90 Å². The van der Waals surface area contributed by atoms with Gasteiger partial charge in [-0.25, -0.2) is 15.3 Å². The quantitative estimate of drug-likeness (QED) is 0.504. The van der Waals surface area contributed by atoms with E-state index in [1.807, 2.05) is 30.3 Å². The Bertz CT molecular complexity index is 872. The van der Waals surface area contributed by atoms with Gasteiger partial charge in [-0.3, -0.25) is 15.0 Å². The highest BCUT2D eigenvalue weighted by Gasteiger charge is 2.39. The van der Waals surface area contributed by atoms with Crippen molar-refractivity contribution in [2.24, 2.45) is 0 Å². The number of benzene rings is 2. The number of H-pyrrole nitrogens is 1. The molecule has 3 aromatic rings. The Labute approximate surface area is 137 Å². The van der Waals surface area contributed by atoms with Gasteiger partial charge in [-0.15, -0.1) is 0 Å². The van der Waals surface area contributed by atoms with Gasteiger partial charge in [0.15, 0.2) is 0 Å². The molecule has 0 saturated carbocycles. The second-order valence-corrected chi connectivity index (χ2v) is 5.53. The first-order valence-corrected chi connectivity index (χ1v) is 7.60. The predicted molar refractivity (Wildman–Crippen MR) is 90.2 cm³/mol. The van der Waals surface area contributed by atoms with Crippen LogP contribution in [-0.2, 0) is 9.59 Å². The van der Waals surface area contributed by atoms with Crippen molar-refractivity contribution in [1.29, 1.82) is 0 Å². The number of hydrazine groups is 1. The summed E-state index contributed by atoms with van der Waals surface area (Å²) in [6.45, 7) is 0. The molecule has 0 unspecified atom stereocenters. The second kappa shape index (κ2) is 5.78. The number of imidazole rings is 1. The van der Waals surface area contributed by atoms with Gasteiger partial charge < -0.3 is 4.98 Å². The van der Waals surface area contributed by atoms with E-state index in [9.17, 15) is 9.59 Å². The van der Waals surface area contributed by atoms with E-state index in [1.54, 1.807) is 24.3 Å². The summed E-state index contributed by atoms with van der Waals surface area (Å²) < 4.78 is 0. The van der Waals surface area contributed by atoms with Crippen LogP contribution >= 0.6 is 0 Å². The van der Waals surface area contributed by atoms with Gasteiger partial charge in [-0.1, -0.05) is 30.3 Å². The highest BCUT2D eigenvalue weighted by molar-refractivity contribution is 6.22. The number of amides is 2. The molecule has 1 saturated heterocycles. The zero-order valence-corrected chi connectivity index (χ0v) is 12.7. The number of aromatic nitrogens is 2. The first kappa shape index (κ1) is 14.4. The molecule has 0 radical (unpaired) electrons. The van der Waals surface area contributed by atoms with Crippen LogP contribution in [0.1, 0.15) is 6.42 Å². The summed E-state index contributed by atoms with van der Waals surface area (Å²) in [6, 6.07) is 15.9. The van der Waals surface area contributed by atoms with E-state index in [0.717, 1.165) is 11.0 Å². The molecule has 3 N–H and O–H groups in total. The minimum absolute atomic E-state index is 0.0982. The number of nitrogens with zero attached hydrogens (tertiary/aromatic N) is 2. The van der Waals surface area contributed by atoms with Crippen molar-refractivity contribution in [3.63, 3.8) is 0 Å². The van der Waals surface area contributed by atoms with Crippen LogP contribution in [0.5, 0.6) is 0 Å². The Kier molecular flexibility index (Phi) is 3.47. The third-order valence-electron chi connectivity index (χ3n) is 3.92. The Morgan fingerprint density at radius 3 is 2.58 bits per heavy atom. The van der Waals surface area contributed by atoms with Gasteiger partial charge in [0.25, 0.3) is 5.91 Å². The fourth-order valence-electron chi connectivity index (χ4n) is 2.76. The second-order valence-electron chi connectivity index (χ2n) is 5.53. The lowest BCUT2D eigenvalue weighted by molar-refractivity contribution is -0.121. The van der Waals surface area contributed by atoms with Crippen molar-refractivity contribution in [1.82, 2.24) is 15.4 Å². The van der Waals surface area contributed by atoms with E-state index in [-0.39, 0.29) is 18.2 Å². The third kappa shape index (κ3) is 2.50. The smallest absolute Gasteiger partial charge is 0.253 e. The molecule has 1 fully saturated rings. The van der Waals surface area contributed by atoms with E-state index < -0.39 is 6.04 Å². The molecule has 2 heterocycles. The summed E-state index contributed by atoms with van der Waals surface area (Å²) in [6.07, 6.45) is 0.0982. The van der Waals surface area contributed by atoms with E-state index in [4.69, 9.17) is 0 Å². The molecular weight excluding hydrogens is 306 g/mol.